The van der Waals surface area contributed by atoms with Gasteiger partial charge < -0.3 is 62.5 Å². The summed E-state index contributed by atoms with van der Waals surface area (Å²) in [6, 6.07) is 13.7. The number of nitrogens with one attached hydrogen (secondary N) is 7. The second-order valence-corrected chi connectivity index (χ2v) is 22.3. The maximum Gasteiger partial charge on any atom is 0.490 e. The minimum Gasteiger partial charge on any atom is -0.508 e. The van der Waals surface area contributed by atoms with Crippen molar-refractivity contribution in [2.24, 2.45) is 11.7 Å². The molecule has 0 spiro atoms. The summed E-state index contributed by atoms with van der Waals surface area (Å²) < 4.78 is 119. The van der Waals surface area contributed by atoms with E-state index in [0.717, 1.165) is 0 Å². The summed E-state index contributed by atoms with van der Waals surface area (Å²) in [5, 5.41) is 33.0. The van der Waals surface area contributed by atoms with Crippen LogP contribution in [0.15, 0.2) is 103 Å². The number of benzene rings is 4. The number of unbranched alkanes of at least 4 members (excludes halogenated alkanes) is 1. The van der Waals surface area contributed by atoms with E-state index in [1.807, 2.05) is 6.92 Å². The third-order valence-corrected chi connectivity index (χ3v) is 14.4. The van der Waals surface area contributed by atoms with Crippen LogP contribution in [0.1, 0.15) is 99.6 Å². The van der Waals surface area contributed by atoms with E-state index < -0.39 is 144 Å². The largest absolute Gasteiger partial charge is 0.508 e. The van der Waals surface area contributed by atoms with Crippen LogP contribution < -0.4 is 37.6 Å². The summed E-state index contributed by atoms with van der Waals surface area (Å²) in [7, 11) is 0. The number of hydrogen-bond acceptors (Lipinski definition) is 12. The first-order chi connectivity index (χ1) is 43.1. The van der Waals surface area contributed by atoms with Gasteiger partial charge in [-0.15, -0.1) is 0 Å². The Morgan fingerprint density at radius 3 is 1.86 bits per heavy atom. The van der Waals surface area contributed by atoms with E-state index >= 15 is 0 Å². The van der Waals surface area contributed by atoms with Gasteiger partial charge >= 0.3 is 30.5 Å². The number of carbonyl (C=O) groups excluding carboxylic acids is 8. The number of amides is 7. The van der Waals surface area contributed by atoms with Crippen LogP contribution in [0, 0.1) is 5.92 Å². The number of nitrogens with zero attached hydrogens (tertiary/aromatic N) is 1. The van der Waals surface area contributed by atoms with Crippen LogP contribution in [-0.2, 0) is 86.1 Å². The van der Waals surface area contributed by atoms with E-state index in [-0.39, 0.29) is 62.8 Å². The highest BCUT2D eigenvalue weighted by Gasteiger charge is 2.42. The van der Waals surface area contributed by atoms with Crippen LogP contribution >= 0.6 is 0 Å². The van der Waals surface area contributed by atoms with E-state index in [4.69, 9.17) is 20.4 Å². The van der Waals surface area contributed by atoms with Gasteiger partial charge in [0.15, 0.2) is 0 Å². The summed E-state index contributed by atoms with van der Waals surface area (Å²) in [6.45, 7) is 5.22. The predicted molar refractivity (Wildman–Crippen MR) is 314 cm³/mol. The Morgan fingerprint density at radius 2 is 1.26 bits per heavy atom. The van der Waals surface area contributed by atoms with Gasteiger partial charge in [-0.25, -0.2) is 9.59 Å². The van der Waals surface area contributed by atoms with Gasteiger partial charge in [0.05, 0.1) is 23.7 Å². The quantitative estimate of drug-likeness (QED) is 0.0200. The second-order valence-electron chi connectivity index (χ2n) is 22.3. The summed E-state index contributed by atoms with van der Waals surface area (Å²) >= 11 is 0. The standard InChI is InChI=1S/C60H71F6N9O10.C2HF3O2/c1-5-6-16-46(72-55(81)48(28-36-13-8-7-9-14-36)71-51(77)32-69-52(78)35(4)70-53(79)44(67)27-37-19-21-42(76)22-20-37)57(83)75-23-12-18-50(75)56(82)73-47(24-34(2)3)54(80)74-49(29-39-31-68-45-17-11-10-15-43(39)45)58(84)85-33-38-25-40(59(61,62)63)30-41(26-38)60(64,65)66;3-2(4,5)1(6)7/h7-11,13-15,17,19-22,25-26,30-31,34-35,44,46-50,68,76H,5-6,12,16,18,23-24,27-29,32-33,67H2,1-4H3,(H,69,78)(H,70,79)(H,71,77)(H,72,81)(H,73,82)(H,74,80);(H,6,7)/t35-,44+,46?,47+,48+,49+,50+;/m1./s1. The first-order valence-electron chi connectivity index (χ1n) is 29.1. The van der Waals surface area contributed by atoms with E-state index in [1.165, 1.54) is 24.0 Å². The van der Waals surface area contributed by atoms with Crippen LogP contribution in [0.2, 0.25) is 0 Å². The Morgan fingerprint density at radius 1 is 0.674 bits per heavy atom. The molecule has 7 atom stereocenters. The molecule has 4 aromatic carbocycles. The van der Waals surface area contributed by atoms with Crippen molar-refractivity contribution in [2.45, 2.75) is 153 Å². The fraction of sp³-hybridized carbons (Fsp3) is 0.435. The van der Waals surface area contributed by atoms with Gasteiger partial charge in [-0.2, -0.15) is 39.5 Å². The molecule has 1 fully saturated rings. The lowest BCUT2D eigenvalue weighted by Crippen LogP contribution is -2.59. The van der Waals surface area contributed by atoms with E-state index in [0.29, 0.717) is 59.0 Å². The monoisotopic (exact) mass is 1310 g/mol. The molecular formula is C62H72F9N9O12. The molecule has 500 valence electrons. The number of halogens is 9. The number of esters is 1. The molecule has 0 bridgehead atoms. The molecule has 11 N–H and O–H groups in total. The number of aromatic amines is 1. The number of carboxylic acid groups (broad SMARTS) is 1. The van der Waals surface area contributed by atoms with Crippen molar-refractivity contribution in [3.63, 3.8) is 0 Å². The molecule has 1 aromatic heterocycles. The number of phenols is 1. The molecule has 0 saturated carbocycles. The van der Waals surface area contributed by atoms with Gasteiger partial charge in [-0.05, 0) is 104 Å². The van der Waals surface area contributed by atoms with Crippen molar-refractivity contribution in [3.8, 4) is 5.75 Å². The molecule has 1 aliphatic heterocycles. The zero-order chi connectivity index (χ0) is 68.3. The molecule has 0 radical (unpaired) electrons. The van der Waals surface area contributed by atoms with Gasteiger partial charge in [-0.3, -0.25) is 33.6 Å². The summed E-state index contributed by atoms with van der Waals surface area (Å²) in [4.78, 5) is 124. The molecule has 21 nitrogen and oxygen atoms in total. The number of carboxylic acids is 1. The lowest BCUT2D eigenvalue weighted by Gasteiger charge is -2.31. The third-order valence-electron chi connectivity index (χ3n) is 14.4. The van der Waals surface area contributed by atoms with Gasteiger partial charge in [-0.1, -0.05) is 94.3 Å². The number of nitrogens with two attached hydrogens (primary N) is 1. The molecule has 5 aromatic rings. The fourth-order valence-electron chi connectivity index (χ4n) is 9.75. The van der Waals surface area contributed by atoms with Crippen molar-refractivity contribution >= 4 is 64.2 Å². The number of aromatic nitrogens is 1. The van der Waals surface area contributed by atoms with Gasteiger partial charge in [0.25, 0.3) is 0 Å². The number of phenolic OH excluding ortho intramolecular Hbond substituents is 1. The molecule has 92 heavy (non-hydrogen) atoms. The number of fused-ring (bicyclic) bond motifs is 1. The van der Waals surface area contributed by atoms with Crippen molar-refractivity contribution in [2.75, 3.05) is 13.1 Å². The number of aliphatic carboxylic acids is 1. The Bertz CT molecular complexity index is 3330. The van der Waals surface area contributed by atoms with Crippen molar-refractivity contribution < 1.29 is 97.6 Å². The number of ether oxygens (including phenoxy) is 1. The number of alkyl halides is 9. The lowest BCUT2D eigenvalue weighted by atomic mass is 10.0. The normalized spacial score (nSPS) is 15.3. The van der Waals surface area contributed by atoms with Gasteiger partial charge in [0.2, 0.25) is 41.4 Å². The van der Waals surface area contributed by atoms with E-state index in [1.54, 1.807) is 86.8 Å². The number of carbonyl (C=O) groups is 9. The molecule has 1 aliphatic rings. The number of H-pyrrole nitrogens is 1. The zero-order valence-corrected chi connectivity index (χ0v) is 50.3. The maximum atomic E-state index is 14.6. The average molecular weight is 1310 g/mol. The van der Waals surface area contributed by atoms with Crippen molar-refractivity contribution in [3.05, 3.63) is 137 Å². The first-order valence-corrected chi connectivity index (χ1v) is 29.1. The summed E-state index contributed by atoms with van der Waals surface area (Å²) in [5.74, 6) is -9.34. The number of para-hydroxylation sites is 1. The minimum absolute atomic E-state index is 0.00174. The highest BCUT2D eigenvalue weighted by atomic mass is 19.4. The molecule has 2 heterocycles. The SMILES string of the molecule is CCCCC(NC(=O)[C@H](Cc1ccccc1)NC(=O)CNC(=O)[C@@H](C)NC(=O)[C@@H](N)Cc1ccc(O)cc1)C(=O)N1CCC[C@H]1C(=O)N[C@@H](CC(C)C)C(=O)N[C@@H](Cc1c[nH]c2ccccc12)C(=O)OCc1cc(C(F)(F)F)cc(C(F)(F)F)c1.O=C(O)C(F)(F)F. The molecule has 1 unspecified atom stereocenters. The Kier molecular flexibility index (Phi) is 26.5. The molecule has 0 aliphatic carbocycles. The number of rotatable bonds is 27. The second kappa shape index (κ2) is 33.2. The number of hydrogen-bond donors (Lipinski definition) is 10. The summed E-state index contributed by atoms with van der Waals surface area (Å²) in [5.41, 5.74) is 4.64. The predicted octanol–water partition coefficient (Wildman–Crippen LogP) is 6.43. The van der Waals surface area contributed by atoms with Crippen LogP contribution in [0.25, 0.3) is 10.9 Å². The third kappa shape index (κ3) is 22.6. The highest BCUT2D eigenvalue weighted by Crippen LogP contribution is 2.37. The first kappa shape index (κ1) is 73.5. The Hall–Kier alpha value is -9.22. The minimum atomic E-state index is -5.17. The van der Waals surface area contributed by atoms with Crippen molar-refractivity contribution in [1.29, 1.82) is 0 Å². The molecule has 6 rings (SSSR count). The van der Waals surface area contributed by atoms with Crippen molar-refractivity contribution in [1.82, 2.24) is 41.8 Å². The topological polar surface area (TPSA) is 321 Å². The average Bonchev–Trinajstić information content (AvgIpc) is 1.55. The molecular weight excluding hydrogens is 1230 g/mol. The Labute approximate surface area is 522 Å². The lowest BCUT2D eigenvalue weighted by molar-refractivity contribution is -0.192. The van der Waals surface area contributed by atoms with Crippen LogP contribution in [-0.4, -0.2) is 135 Å². The number of likely N-dealkylation sites (tertiary alicyclic amines) is 1. The smallest absolute Gasteiger partial charge is 0.490 e. The Balaban J connectivity index is 0.00000207. The number of aromatic hydroxyl groups is 1. The molecule has 1 saturated heterocycles. The van der Waals surface area contributed by atoms with Crippen LogP contribution in [0.5, 0.6) is 5.75 Å². The summed E-state index contributed by atoms with van der Waals surface area (Å²) in [6.07, 6.45) is -12.4. The van der Waals surface area contributed by atoms with Crippen LogP contribution in [0.3, 0.4) is 0 Å². The fourth-order valence-corrected chi connectivity index (χ4v) is 9.75. The molecule has 30 heteroatoms. The highest BCUT2D eigenvalue weighted by molar-refractivity contribution is 5.97. The van der Waals surface area contributed by atoms with E-state index in [2.05, 4.69) is 36.9 Å². The van der Waals surface area contributed by atoms with Crippen LogP contribution in [0.4, 0.5) is 39.5 Å². The zero-order valence-electron chi connectivity index (χ0n) is 50.3. The maximum absolute atomic E-state index is 14.6. The van der Waals surface area contributed by atoms with E-state index in [9.17, 15) is 83.0 Å². The van der Waals surface area contributed by atoms with Gasteiger partial charge in [0.1, 0.15) is 48.6 Å². The molecule has 7 amide bonds. The van der Waals surface area contributed by atoms with Gasteiger partial charge in [0, 0.05) is 36.5 Å².